The second-order valence-electron chi connectivity index (χ2n) is 6.11. The molecule has 0 bridgehead atoms. The van der Waals surface area contributed by atoms with Gasteiger partial charge in [0.15, 0.2) is 12.1 Å². The topological polar surface area (TPSA) is 143 Å². The van der Waals surface area contributed by atoms with E-state index in [0.717, 1.165) is 18.4 Å². The summed E-state index contributed by atoms with van der Waals surface area (Å²) in [6.07, 6.45) is 0.623. The van der Waals surface area contributed by atoms with Crippen LogP contribution in [0.25, 0.3) is 0 Å². The molecule has 31 heavy (non-hydrogen) atoms. The van der Waals surface area contributed by atoms with E-state index in [-0.39, 0.29) is 48.2 Å². The fourth-order valence-corrected chi connectivity index (χ4v) is 4.29. The molecule has 2 aromatic carbocycles. The van der Waals surface area contributed by atoms with Gasteiger partial charge in [-0.25, -0.2) is 8.42 Å². The predicted octanol–water partition coefficient (Wildman–Crippen LogP) is 4.36. The number of nitro groups is 1. The van der Waals surface area contributed by atoms with Gasteiger partial charge in [-0.1, -0.05) is 6.07 Å². The minimum Gasteiger partial charge on any atom is -0.481 e. The Hall–Kier alpha value is -2.66. The summed E-state index contributed by atoms with van der Waals surface area (Å²) in [6, 6.07) is 9.63. The number of ether oxygens (including phenoxy) is 2. The highest BCUT2D eigenvalue weighted by atomic mass is 32.2. The maximum Gasteiger partial charge on any atom is 0.367 e. The summed E-state index contributed by atoms with van der Waals surface area (Å²) in [7, 11) is -7.08. The number of hydrogen-bond donors (Lipinski definition) is 1. The summed E-state index contributed by atoms with van der Waals surface area (Å²) in [5, 5.41) is 11.1. The van der Waals surface area contributed by atoms with Gasteiger partial charge in [-0.05, 0) is 32.0 Å². The zero-order valence-corrected chi connectivity index (χ0v) is 18.9. The van der Waals surface area contributed by atoms with Crippen molar-refractivity contribution >= 4 is 29.0 Å². The zero-order valence-electron chi connectivity index (χ0n) is 17.1. The van der Waals surface area contributed by atoms with Gasteiger partial charge in [-0.3, -0.25) is 19.4 Å². The third-order valence-corrected chi connectivity index (χ3v) is 5.88. The molecule has 0 fully saturated rings. The predicted molar refractivity (Wildman–Crippen MR) is 114 cm³/mol. The Bertz CT molecular complexity index is 1070. The van der Waals surface area contributed by atoms with Crippen LogP contribution in [0.5, 0.6) is 17.2 Å². The monoisotopic (exact) mass is 474 g/mol. The third-order valence-electron chi connectivity index (χ3n) is 3.55. The van der Waals surface area contributed by atoms with Gasteiger partial charge in [0.25, 0.3) is 5.69 Å². The van der Waals surface area contributed by atoms with Crippen LogP contribution in [0.2, 0.25) is 0 Å². The first-order chi connectivity index (χ1) is 14.5. The minimum absolute atomic E-state index is 0.0246. The van der Waals surface area contributed by atoms with Gasteiger partial charge in [-0.15, -0.1) is 0 Å². The van der Waals surface area contributed by atoms with E-state index in [1.807, 2.05) is 0 Å². The molecule has 0 spiro atoms. The van der Waals surface area contributed by atoms with Crippen LogP contribution >= 0.6 is 7.60 Å². The average molecular weight is 474 g/mol. The third kappa shape index (κ3) is 7.83. The Morgan fingerprint density at radius 2 is 1.71 bits per heavy atom. The quantitative estimate of drug-likeness (QED) is 0.269. The maximum absolute atomic E-state index is 12.5. The second-order valence-corrected chi connectivity index (χ2v) is 9.85. The first-order valence-corrected chi connectivity index (χ1v) is 12.7. The van der Waals surface area contributed by atoms with Crippen molar-refractivity contribution in [1.82, 2.24) is 0 Å². The van der Waals surface area contributed by atoms with Crippen LogP contribution in [0.4, 0.5) is 11.4 Å². The standard InChI is InChI=1S/C18H23N2O9PS/c1-4-27-30(23,28-5-2)13-26-15-7-6-8-16(12-15)29-18-11-14(20(21)22)9-10-17(18)19-31(3,24)25/h6-12,19H,4-5,13H2,1-3H3. The molecule has 0 aromatic heterocycles. The molecule has 0 unspecified atom stereocenters. The van der Waals surface area contributed by atoms with Crippen molar-refractivity contribution in [3.05, 3.63) is 52.6 Å². The molecule has 170 valence electrons. The number of nitrogens with zero attached hydrogens (tertiary/aromatic N) is 1. The summed E-state index contributed by atoms with van der Waals surface area (Å²) in [4.78, 5) is 10.5. The molecule has 0 aliphatic rings. The Morgan fingerprint density at radius 3 is 2.29 bits per heavy atom. The largest absolute Gasteiger partial charge is 0.481 e. The summed E-state index contributed by atoms with van der Waals surface area (Å²) >= 11 is 0. The van der Waals surface area contributed by atoms with E-state index in [9.17, 15) is 23.1 Å². The number of rotatable bonds is 12. The molecule has 1 N–H and O–H groups in total. The van der Waals surface area contributed by atoms with Crippen molar-refractivity contribution in [2.24, 2.45) is 0 Å². The molecule has 0 saturated carbocycles. The molecule has 0 atom stereocenters. The SMILES string of the molecule is CCOP(=O)(COc1cccc(Oc2cc([N+](=O)[O-])ccc2NS(C)(=O)=O)c1)OCC. The van der Waals surface area contributed by atoms with E-state index in [4.69, 9.17) is 18.5 Å². The van der Waals surface area contributed by atoms with Crippen LogP contribution in [0, 0.1) is 10.1 Å². The summed E-state index contributed by atoms with van der Waals surface area (Å²) < 4.78 is 59.5. The molecule has 0 aliphatic carbocycles. The van der Waals surface area contributed by atoms with Gasteiger partial charge in [-0.2, -0.15) is 0 Å². The Morgan fingerprint density at radius 1 is 1.06 bits per heavy atom. The highest BCUT2D eigenvalue weighted by molar-refractivity contribution is 7.92. The van der Waals surface area contributed by atoms with Crippen molar-refractivity contribution in [2.75, 3.05) is 30.5 Å². The highest BCUT2D eigenvalue weighted by Crippen LogP contribution is 2.48. The number of sulfonamides is 1. The molecule has 0 radical (unpaired) electrons. The highest BCUT2D eigenvalue weighted by Gasteiger charge is 2.24. The van der Waals surface area contributed by atoms with E-state index in [0.29, 0.717) is 0 Å². The van der Waals surface area contributed by atoms with E-state index >= 15 is 0 Å². The average Bonchev–Trinajstić information content (AvgIpc) is 2.67. The Labute approximate surface area is 180 Å². The molecule has 2 aromatic rings. The van der Waals surface area contributed by atoms with Gasteiger partial charge in [0, 0.05) is 12.1 Å². The van der Waals surface area contributed by atoms with Gasteiger partial charge < -0.3 is 18.5 Å². The molecule has 0 amide bonds. The number of nitrogens with one attached hydrogen (secondary N) is 1. The Kier molecular flexibility index (Phi) is 8.40. The molecular weight excluding hydrogens is 451 g/mol. The van der Waals surface area contributed by atoms with Gasteiger partial charge in [0.2, 0.25) is 10.0 Å². The van der Waals surface area contributed by atoms with Crippen LogP contribution in [0.3, 0.4) is 0 Å². The van der Waals surface area contributed by atoms with E-state index < -0.39 is 22.5 Å². The normalized spacial score (nSPS) is 11.7. The van der Waals surface area contributed by atoms with E-state index in [2.05, 4.69) is 4.72 Å². The Balaban J connectivity index is 2.26. The molecule has 0 aliphatic heterocycles. The van der Waals surface area contributed by atoms with E-state index in [1.54, 1.807) is 32.0 Å². The summed E-state index contributed by atoms with van der Waals surface area (Å²) in [6.45, 7) is 3.74. The van der Waals surface area contributed by atoms with Crippen LogP contribution in [-0.4, -0.2) is 39.2 Å². The lowest BCUT2D eigenvalue weighted by Gasteiger charge is -2.18. The molecule has 13 heteroatoms. The molecule has 0 saturated heterocycles. The maximum atomic E-state index is 12.5. The molecule has 2 rings (SSSR count). The summed E-state index contributed by atoms with van der Waals surface area (Å²) in [5.74, 6) is 0.406. The lowest BCUT2D eigenvalue weighted by molar-refractivity contribution is -0.384. The number of non-ortho nitro benzene ring substituents is 1. The smallest absolute Gasteiger partial charge is 0.367 e. The van der Waals surface area contributed by atoms with Crippen molar-refractivity contribution in [3.63, 3.8) is 0 Å². The second kappa shape index (κ2) is 10.6. The van der Waals surface area contributed by atoms with Gasteiger partial charge in [0.1, 0.15) is 11.5 Å². The fraction of sp³-hybridized carbons (Fsp3) is 0.333. The van der Waals surface area contributed by atoms with Gasteiger partial charge in [0.05, 0.1) is 36.1 Å². The van der Waals surface area contributed by atoms with Gasteiger partial charge >= 0.3 is 7.60 Å². The lowest BCUT2D eigenvalue weighted by atomic mass is 10.2. The molecule has 11 nitrogen and oxygen atoms in total. The van der Waals surface area contributed by atoms with Crippen molar-refractivity contribution in [3.8, 4) is 17.2 Å². The van der Waals surface area contributed by atoms with Crippen LogP contribution in [0.15, 0.2) is 42.5 Å². The summed E-state index contributed by atoms with van der Waals surface area (Å²) in [5.41, 5.74) is -0.257. The first kappa shape index (κ1) is 24.6. The zero-order chi connectivity index (χ0) is 23.1. The number of anilines is 1. The molecule has 0 heterocycles. The fourth-order valence-electron chi connectivity index (χ4n) is 2.41. The van der Waals surface area contributed by atoms with Crippen molar-refractivity contribution in [2.45, 2.75) is 13.8 Å². The lowest BCUT2D eigenvalue weighted by Crippen LogP contribution is -2.10. The number of benzene rings is 2. The van der Waals surface area contributed by atoms with E-state index in [1.165, 1.54) is 12.1 Å². The first-order valence-electron chi connectivity index (χ1n) is 9.10. The van der Waals surface area contributed by atoms with Crippen molar-refractivity contribution in [1.29, 1.82) is 0 Å². The minimum atomic E-state index is -3.65. The number of hydrogen-bond acceptors (Lipinski definition) is 9. The van der Waals surface area contributed by atoms with Crippen LogP contribution in [0.1, 0.15) is 13.8 Å². The van der Waals surface area contributed by atoms with Crippen LogP contribution in [-0.2, 0) is 23.6 Å². The van der Waals surface area contributed by atoms with Crippen molar-refractivity contribution < 1.29 is 36.4 Å². The number of nitro benzene ring substituents is 1. The molecular formula is C18H23N2O9PS. The van der Waals surface area contributed by atoms with Crippen LogP contribution < -0.4 is 14.2 Å².